The van der Waals surface area contributed by atoms with E-state index >= 15 is 0 Å². The molecule has 0 amide bonds. The lowest BCUT2D eigenvalue weighted by molar-refractivity contribution is 0.112. The normalized spacial score (nSPS) is 10.5. The van der Waals surface area contributed by atoms with E-state index in [1.165, 1.54) is 11.3 Å². The van der Waals surface area contributed by atoms with Crippen LogP contribution < -0.4 is 5.73 Å². The highest BCUT2D eigenvalue weighted by atomic mass is 127. The standard InChI is InChI=1S/C9H6INOS/c10-7-2-1-5-8(11)4-13-9(5)6(7)3-12/h1-4H,11H2. The number of benzene rings is 1. The SMILES string of the molecule is Nc1csc2c(C=O)c(I)ccc12. The number of rotatable bonds is 1. The third-order valence-corrected chi connectivity index (χ3v) is 3.86. The van der Waals surface area contributed by atoms with Crippen LogP contribution in [0.3, 0.4) is 0 Å². The first-order valence-electron chi connectivity index (χ1n) is 3.64. The zero-order valence-electron chi connectivity index (χ0n) is 6.58. The molecule has 2 N–H and O–H groups in total. The van der Waals surface area contributed by atoms with Gasteiger partial charge in [-0.1, -0.05) is 6.07 Å². The Morgan fingerprint density at radius 2 is 2.23 bits per heavy atom. The molecule has 0 aliphatic rings. The van der Waals surface area contributed by atoms with Crippen LogP contribution in [-0.2, 0) is 0 Å². The van der Waals surface area contributed by atoms with E-state index in [1.807, 2.05) is 17.5 Å². The van der Waals surface area contributed by atoms with Crippen LogP contribution in [0.5, 0.6) is 0 Å². The first-order valence-corrected chi connectivity index (χ1v) is 5.60. The van der Waals surface area contributed by atoms with Gasteiger partial charge in [0.15, 0.2) is 6.29 Å². The molecule has 0 unspecified atom stereocenters. The van der Waals surface area contributed by atoms with Crippen molar-refractivity contribution in [3.8, 4) is 0 Å². The van der Waals surface area contributed by atoms with Gasteiger partial charge in [-0.25, -0.2) is 0 Å². The van der Waals surface area contributed by atoms with Crippen molar-refractivity contribution in [2.24, 2.45) is 0 Å². The van der Waals surface area contributed by atoms with E-state index in [9.17, 15) is 4.79 Å². The van der Waals surface area contributed by atoms with Crippen LogP contribution in [0.4, 0.5) is 5.69 Å². The van der Waals surface area contributed by atoms with Gasteiger partial charge < -0.3 is 5.73 Å². The molecule has 0 spiro atoms. The number of anilines is 1. The summed E-state index contributed by atoms with van der Waals surface area (Å²) >= 11 is 3.67. The van der Waals surface area contributed by atoms with Crippen LogP contribution in [0.25, 0.3) is 10.1 Å². The van der Waals surface area contributed by atoms with Gasteiger partial charge in [0.25, 0.3) is 0 Å². The fourth-order valence-corrected chi connectivity index (χ4v) is 2.95. The van der Waals surface area contributed by atoms with Crippen molar-refractivity contribution < 1.29 is 4.79 Å². The van der Waals surface area contributed by atoms with E-state index in [0.717, 1.165) is 31.2 Å². The summed E-state index contributed by atoms with van der Waals surface area (Å²) in [6.45, 7) is 0. The summed E-state index contributed by atoms with van der Waals surface area (Å²) in [5.41, 5.74) is 7.24. The Morgan fingerprint density at radius 1 is 1.46 bits per heavy atom. The minimum absolute atomic E-state index is 0.750. The molecule has 1 aromatic carbocycles. The molecule has 0 aliphatic carbocycles. The molecule has 4 heteroatoms. The summed E-state index contributed by atoms with van der Waals surface area (Å²) in [6, 6.07) is 3.87. The number of halogens is 1. The summed E-state index contributed by atoms with van der Waals surface area (Å²) in [5.74, 6) is 0. The number of nitrogen functional groups attached to an aromatic ring is 1. The molecule has 1 heterocycles. The average Bonchev–Trinajstić information content (AvgIpc) is 2.48. The van der Waals surface area contributed by atoms with Crippen molar-refractivity contribution in [2.75, 3.05) is 5.73 Å². The quantitative estimate of drug-likeness (QED) is 0.650. The topological polar surface area (TPSA) is 43.1 Å². The van der Waals surface area contributed by atoms with Crippen molar-refractivity contribution in [3.05, 3.63) is 26.6 Å². The van der Waals surface area contributed by atoms with Gasteiger partial charge in [0.1, 0.15) is 0 Å². The molecule has 13 heavy (non-hydrogen) atoms. The maximum Gasteiger partial charge on any atom is 0.152 e. The van der Waals surface area contributed by atoms with Crippen LogP contribution in [0.2, 0.25) is 0 Å². The minimum Gasteiger partial charge on any atom is -0.398 e. The van der Waals surface area contributed by atoms with Gasteiger partial charge >= 0.3 is 0 Å². The zero-order valence-corrected chi connectivity index (χ0v) is 9.56. The number of nitrogens with two attached hydrogens (primary N) is 1. The van der Waals surface area contributed by atoms with Crippen LogP contribution in [-0.4, -0.2) is 6.29 Å². The number of carbonyl (C=O) groups is 1. The molecule has 0 atom stereocenters. The molecule has 66 valence electrons. The molecule has 2 nitrogen and oxygen atoms in total. The summed E-state index contributed by atoms with van der Waals surface area (Å²) in [6.07, 6.45) is 0.889. The molecule has 0 fully saturated rings. The number of thiophene rings is 1. The Balaban J connectivity index is 2.92. The summed E-state index contributed by atoms with van der Waals surface area (Å²) in [7, 11) is 0. The third-order valence-electron chi connectivity index (χ3n) is 1.88. The van der Waals surface area contributed by atoms with Gasteiger partial charge in [-0.05, 0) is 28.7 Å². The van der Waals surface area contributed by atoms with E-state index in [-0.39, 0.29) is 0 Å². The predicted octanol–water partition coefficient (Wildman–Crippen LogP) is 2.90. The van der Waals surface area contributed by atoms with E-state index in [1.54, 1.807) is 0 Å². The first kappa shape index (κ1) is 8.96. The zero-order chi connectivity index (χ0) is 9.42. The number of carbonyl (C=O) groups excluding carboxylic acids is 1. The Labute approximate surface area is 92.9 Å². The van der Waals surface area contributed by atoms with E-state index < -0.39 is 0 Å². The largest absolute Gasteiger partial charge is 0.398 e. The minimum atomic E-state index is 0.750. The van der Waals surface area contributed by atoms with Crippen LogP contribution in [0, 0.1) is 3.57 Å². The van der Waals surface area contributed by atoms with Crippen molar-refractivity contribution in [1.29, 1.82) is 0 Å². The second-order valence-electron chi connectivity index (χ2n) is 2.65. The second kappa shape index (κ2) is 3.26. The summed E-state index contributed by atoms with van der Waals surface area (Å²) < 4.78 is 1.96. The fraction of sp³-hybridized carbons (Fsp3) is 0. The molecule has 0 bridgehead atoms. The predicted molar refractivity (Wildman–Crippen MR) is 64.3 cm³/mol. The van der Waals surface area contributed by atoms with Crippen LogP contribution in [0.1, 0.15) is 10.4 Å². The number of hydrogen-bond acceptors (Lipinski definition) is 3. The Morgan fingerprint density at radius 3 is 2.92 bits per heavy atom. The van der Waals surface area contributed by atoms with Crippen molar-refractivity contribution >= 4 is 56.0 Å². The maximum atomic E-state index is 10.8. The lowest BCUT2D eigenvalue weighted by Crippen LogP contribution is -1.87. The monoisotopic (exact) mass is 303 g/mol. The van der Waals surface area contributed by atoms with E-state index in [2.05, 4.69) is 22.6 Å². The Kier molecular flexibility index (Phi) is 2.25. The van der Waals surface area contributed by atoms with Crippen LogP contribution in [0.15, 0.2) is 17.5 Å². The first-order chi connectivity index (χ1) is 6.24. The fourth-order valence-electron chi connectivity index (χ4n) is 1.23. The van der Waals surface area contributed by atoms with Gasteiger partial charge in [-0.2, -0.15) is 0 Å². The molecule has 0 saturated carbocycles. The average molecular weight is 303 g/mol. The molecular weight excluding hydrogens is 297 g/mol. The number of aldehydes is 1. The smallest absolute Gasteiger partial charge is 0.152 e. The Bertz CT molecular complexity index is 478. The molecule has 1 aromatic heterocycles. The molecule has 0 aliphatic heterocycles. The van der Waals surface area contributed by atoms with Gasteiger partial charge in [-0.3, -0.25) is 4.79 Å². The van der Waals surface area contributed by atoms with Crippen molar-refractivity contribution in [2.45, 2.75) is 0 Å². The molecule has 0 radical (unpaired) electrons. The van der Waals surface area contributed by atoms with Gasteiger partial charge in [-0.15, -0.1) is 11.3 Å². The Hall–Kier alpha value is -0.620. The van der Waals surface area contributed by atoms with Gasteiger partial charge in [0.2, 0.25) is 0 Å². The highest BCUT2D eigenvalue weighted by Gasteiger charge is 2.08. The van der Waals surface area contributed by atoms with Crippen molar-refractivity contribution in [1.82, 2.24) is 0 Å². The molecule has 2 aromatic rings. The molecule has 0 saturated heterocycles. The number of hydrogen-bond donors (Lipinski definition) is 1. The van der Waals surface area contributed by atoms with Gasteiger partial charge in [0, 0.05) is 24.6 Å². The lowest BCUT2D eigenvalue weighted by Gasteiger charge is -1.97. The highest BCUT2D eigenvalue weighted by molar-refractivity contribution is 14.1. The maximum absolute atomic E-state index is 10.8. The van der Waals surface area contributed by atoms with Crippen molar-refractivity contribution in [3.63, 3.8) is 0 Å². The van der Waals surface area contributed by atoms with E-state index in [0.29, 0.717) is 0 Å². The number of fused-ring (bicyclic) bond motifs is 1. The second-order valence-corrected chi connectivity index (χ2v) is 4.69. The third kappa shape index (κ3) is 1.34. The van der Waals surface area contributed by atoms with Gasteiger partial charge in [0.05, 0.1) is 5.69 Å². The summed E-state index contributed by atoms with van der Waals surface area (Å²) in [4.78, 5) is 10.8. The lowest BCUT2D eigenvalue weighted by atomic mass is 10.2. The molecular formula is C9H6INOS. The molecule has 2 rings (SSSR count). The van der Waals surface area contributed by atoms with Crippen LogP contribution >= 0.6 is 33.9 Å². The summed E-state index contributed by atoms with van der Waals surface area (Å²) in [5, 5.41) is 2.85. The van der Waals surface area contributed by atoms with E-state index in [4.69, 9.17) is 5.73 Å². The highest BCUT2D eigenvalue weighted by Crippen LogP contribution is 2.32.